The fourth-order valence-corrected chi connectivity index (χ4v) is 3.32. The number of amides is 1. The van der Waals surface area contributed by atoms with Gasteiger partial charge in [-0.15, -0.1) is 0 Å². The van der Waals surface area contributed by atoms with Crippen molar-refractivity contribution in [2.75, 3.05) is 7.11 Å². The number of pyridine rings is 3. The Labute approximate surface area is 168 Å². The number of aromatic nitrogens is 3. The van der Waals surface area contributed by atoms with E-state index >= 15 is 0 Å². The molecular weight excluding hydrogens is 364 g/mol. The summed E-state index contributed by atoms with van der Waals surface area (Å²) in [6.45, 7) is 1.92. The predicted octanol–water partition coefficient (Wildman–Crippen LogP) is 4.19. The monoisotopic (exact) mass is 384 g/mol. The Morgan fingerprint density at radius 3 is 2.66 bits per heavy atom. The van der Waals surface area contributed by atoms with Crippen molar-refractivity contribution in [2.45, 2.75) is 13.0 Å². The van der Waals surface area contributed by atoms with Crippen LogP contribution in [0, 0.1) is 0 Å². The summed E-state index contributed by atoms with van der Waals surface area (Å²) in [4.78, 5) is 26.0. The van der Waals surface area contributed by atoms with Crippen molar-refractivity contribution in [2.24, 2.45) is 0 Å². The molecule has 0 fully saturated rings. The fourth-order valence-electron chi connectivity index (χ4n) is 3.32. The van der Waals surface area contributed by atoms with Gasteiger partial charge in [0, 0.05) is 41.3 Å². The van der Waals surface area contributed by atoms with Gasteiger partial charge in [0.2, 0.25) is 0 Å². The largest absolute Gasteiger partial charge is 0.496 e. The van der Waals surface area contributed by atoms with Gasteiger partial charge in [-0.25, -0.2) is 4.98 Å². The van der Waals surface area contributed by atoms with Crippen molar-refractivity contribution in [1.82, 2.24) is 20.3 Å². The Morgan fingerprint density at radius 1 is 1.03 bits per heavy atom. The van der Waals surface area contributed by atoms with Crippen LogP contribution in [-0.2, 0) is 0 Å². The van der Waals surface area contributed by atoms with Crippen LogP contribution in [-0.4, -0.2) is 28.0 Å². The Hall–Kier alpha value is -3.80. The highest BCUT2D eigenvalue weighted by Crippen LogP contribution is 2.28. The number of rotatable bonds is 5. The van der Waals surface area contributed by atoms with Gasteiger partial charge in [-0.3, -0.25) is 14.8 Å². The third kappa shape index (κ3) is 3.78. The third-order valence-electron chi connectivity index (χ3n) is 4.77. The van der Waals surface area contributed by atoms with Gasteiger partial charge in [0.25, 0.3) is 5.91 Å². The quantitative estimate of drug-likeness (QED) is 0.558. The Balaban J connectivity index is 1.71. The highest BCUT2D eigenvalue weighted by molar-refractivity contribution is 6.01. The molecule has 0 aliphatic carbocycles. The van der Waals surface area contributed by atoms with Crippen LogP contribution in [0.25, 0.3) is 22.0 Å². The van der Waals surface area contributed by atoms with E-state index < -0.39 is 0 Å². The fraction of sp³-hybridized carbons (Fsp3) is 0.130. The maximum atomic E-state index is 13.0. The molecule has 29 heavy (non-hydrogen) atoms. The number of nitrogens with one attached hydrogen (secondary N) is 1. The van der Waals surface area contributed by atoms with E-state index in [1.165, 1.54) is 0 Å². The maximum Gasteiger partial charge on any atom is 0.270 e. The Kier molecular flexibility index (Phi) is 5.16. The minimum Gasteiger partial charge on any atom is -0.496 e. The highest BCUT2D eigenvalue weighted by Gasteiger charge is 2.18. The van der Waals surface area contributed by atoms with Crippen LogP contribution >= 0.6 is 0 Å². The number of hydrogen-bond acceptors (Lipinski definition) is 5. The molecule has 1 amide bonds. The van der Waals surface area contributed by atoms with E-state index in [1.54, 1.807) is 44.0 Å². The molecule has 1 aromatic carbocycles. The average molecular weight is 384 g/mol. The first kappa shape index (κ1) is 18.6. The zero-order valence-electron chi connectivity index (χ0n) is 16.2. The summed E-state index contributed by atoms with van der Waals surface area (Å²) in [5.74, 6) is 0.473. The van der Waals surface area contributed by atoms with Crippen LogP contribution in [0.1, 0.15) is 29.0 Å². The number of methoxy groups -OCH3 is 1. The lowest BCUT2D eigenvalue weighted by Gasteiger charge is -2.17. The summed E-state index contributed by atoms with van der Waals surface area (Å²) in [6, 6.07) is 14.8. The summed E-state index contributed by atoms with van der Waals surface area (Å²) in [5, 5.41) is 3.89. The number of ether oxygens (including phenoxy) is 1. The van der Waals surface area contributed by atoms with Gasteiger partial charge < -0.3 is 10.1 Å². The molecule has 6 heteroatoms. The molecule has 1 N–H and O–H groups in total. The van der Waals surface area contributed by atoms with E-state index in [0.717, 1.165) is 27.8 Å². The molecule has 0 aliphatic heterocycles. The lowest BCUT2D eigenvalue weighted by Crippen LogP contribution is -2.27. The Bertz CT molecular complexity index is 1160. The van der Waals surface area contributed by atoms with Gasteiger partial charge in [0.15, 0.2) is 0 Å². The van der Waals surface area contributed by atoms with Gasteiger partial charge >= 0.3 is 0 Å². The zero-order valence-corrected chi connectivity index (χ0v) is 16.2. The van der Waals surface area contributed by atoms with E-state index in [1.807, 2.05) is 43.3 Å². The second kappa shape index (κ2) is 8.06. The molecule has 0 unspecified atom stereocenters. The minimum atomic E-state index is -0.257. The smallest absolute Gasteiger partial charge is 0.270 e. The van der Waals surface area contributed by atoms with Gasteiger partial charge in [-0.1, -0.05) is 24.3 Å². The molecule has 0 saturated carbocycles. The van der Waals surface area contributed by atoms with Gasteiger partial charge in [0.1, 0.15) is 11.4 Å². The van der Waals surface area contributed by atoms with Crippen LogP contribution in [0.5, 0.6) is 5.75 Å². The van der Waals surface area contributed by atoms with Crippen LogP contribution in [0.3, 0.4) is 0 Å². The number of fused-ring (bicyclic) bond motifs is 1. The van der Waals surface area contributed by atoms with E-state index in [-0.39, 0.29) is 11.9 Å². The van der Waals surface area contributed by atoms with E-state index in [9.17, 15) is 4.79 Å². The van der Waals surface area contributed by atoms with Crippen molar-refractivity contribution >= 4 is 16.8 Å². The minimum absolute atomic E-state index is 0.240. The lowest BCUT2D eigenvalue weighted by atomic mass is 10.0. The molecule has 0 spiro atoms. The van der Waals surface area contributed by atoms with Gasteiger partial charge in [-0.2, -0.15) is 0 Å². The normalized spacial score (nSPS) is 11.8. The number of carbonyl (C=O) groups excluding carboxylic acids is 1. The predicted molar refractivity (Wildman–Crippen MR) is 112 cm³/mol. The van der Waals surface area contributed by atoms with Crippen LogP contribution in [0.4, 0.5) is 0 Å². The van der Waals surface area contributed by atoms with Crippen molar-refractivity contribution in [3.05, 3.63) is 84.6 Å². The molecule has 0 saturated heterocycles. The number of hydrogen-bond donors (Lipinski definition) is 1. The molecule has 4 aromatic rings. The first-order chi connectivity index (χ1) is 14.2. The van der Waals surface area contributed by atoms with E-state index in [2.05, 4.69) is 20.3 Å². The van der Waals surface area contributed by atoms with Gasteiger partial charge in [-0.05, 0) is 36.8 Å². The maximum absolute atomic E-state index is 13.0. The second-order valence-electron chi connectivity index (χ2n) is 6.63. The van der Waals surface area contributed by atoms with Crippen molar-refractivity contribution in [1.29, 1.82) is 0 Å². The molecule has 0 aliphatic rings. The van der Waals surface area contributed by atoms with Gasteiger partial charge in [0.05, 0.1) is 18.7 Å². The SMILES string of the molecule is COc1ccccc1[C@H](C)NC(=O)c1cc(-c2cccnc2)c2cnccc2n1. The molecular formula is C23H20N4O2. The number of para-hydroxylation sites is 1. The standard InChI is InChI=1S/C23H20N4O2/c1-15(17-7-3-4-8-22(17)29-2)26-23(28)21-12-18(16-6-5-10-24-13-16)19-14-25-11-9-20(19)27-21/h3-15H,1-2H3,(H,26,28)/t15-/m0/s1. The molecule has 4 rings (SSSR count). The number of nitrogens with zero attached hydrogens (tertiary/aromatic N) is 3. The topological polar surface area (TPSA) is 77.0 Å². The zero-order chi connectivity index (χ0) is 20.2. The van der Waals surface area contributed by atoms with E-state index in [4.69, 9.17) is 4.74 Å². The average Bonchev–Trinajstić information content (AvgIpc) is 2.78. The summed E-state index contributed by atoms with van der Waals surface area (Å²) < 4.78 is 5.41. The van der Waals surface area contributed by atoms with E-state index in [0.29, 0.717) is 11.2 Å². The number of benzene rings is 1. The molecule has 0 bridgehead atoms. The Morgan fingerprint density at radius 2 is 1.86 bits per heavy atom. The lowest BCUT2D eigenvalue weighted by molar-refractivity contribution is 0.0935. The summed E-state index contributed by atoms with van der Waals surface area (Å²) in [7, 11) is 1.62. The third-order valence-corrected chi connectivity index (χ3v) is 4.77. The van der Waals surface area contributed by atoms with Crippen LogP contribution in [0.2, 0.25) is 0 Å². The van der Waals surface area contributed by atoms with Crippen LogP contribution in [0.15, 0.2) is 73.3 Å². The molecule has 1 atom stereocenters. The molecule has 3 aromatic heterocycles. The van der Waals surface area contributed by atoms with Crippen molar-refractivity contribution < 1.29 is 9.53 Å². The molecule has 6 nitrogen and oxygen atoms in total. The molecule has 0 radical (unpaired) electrons. The number of carbonyl (C=O) groups is 1. The summed E-state index contributed by atoms with van der Waals surface area (Å²) >= 11 is 0. The highest BCUT2D eigenvalue weighted by atomic mass is 16.5. The second-order valence-corrected chi connectivity index (χ2v) is 6.63. The summed E-state index contributed by atoms with van der Waals surface area (Å²) in [5.41, 5.74) is 3.72. The van der Waals surface area contributed by atoms with Crippen molar-refractivity contribution in [3.8, 4) is 16.9 Å². The molecule has 3 heterocycles. The van der Waals surface area contributed by atoms with Crippen molar-refractivity contribution in [3.63, 3.8) is 0 Å². The first-order valence-corrected chi connectivity index (χ1v) is 9.26. The first-order valence-electron chi connectivity index (χ1n) is 9.26. The summed E-state index contributed by atoms with van der Waals surface area (Å²) in [6.07, 6.45) is 6.90. The van der Waals surface area contributed by atoms with Crippen LogP contribution < -0.4 is 10.1 Å². The molecule has 144 valence electrons.